The molecule has 0 aliphatic rings. The third-order valence-corrected chi connectivity index (χ3v) is 2.02. The summed E-state index contributed by atoms with van der Waals surface area (Å²) in [6.07, 6.45) is 5.04. The highest BCUT2D eigenvalue weighted by molar-refractivity contribution is 7.59. The van der Waals surface area contributed by atoms with E-state index in [0.717, 1.165) is 5.69 Å². The molecule has 2 N–H and O–H groups in total. The molecule has 1 aromatic rings. The predicted molar refractivity (Wildman–Crippen MR) is 64.5 cm³/mol. The zero-order valence-electron chi connectivity index (χ0n) is 8.22. The van der Waals surface area contributed by atoms with Crippen LogP contribution in [0.4, 0.5) is 5.69 Å². The van der Waals surface area contributed by atoms with Gasteiger partial charge in [-0.3, -0.25) is 0 Å². The van der Waals surface area contributed by atoms with E-state index in [-0.39, 0.29) is 13.5 Å². The van der Waals surface area contributed by atoms with Crippen LogP contribution in [0.3, 0.4) is 0 Å². The van der Waals surface area contributed by atoms with Crippen molar-refractivity contribution < 1.29 is 0 Å². The summed E-state index contributed by atoms with van der Waals surface area (Å²) >= 11 is 0. The molecule has 0 bridgehead atoms. The van der Waals surface area contributed by atoms with Crippen LogP contribution in [0.25, 0.3) is 0 Å². The number of hydrogen-bond acceptors (Lipinski definition) is 1. The van der Waals surface area contributed by atoms with Crippen LogP contribution in [0, 0.1) is 0 Å². The molecule has 0 amide bonds. The van der Waals surface area contributed by atoms with Crippen molar-refractivity contribution in [2.75, 3.05) is 5.73 Å². The molecule has 0 heterocycles. The molecule has 0 spiro atoms. The first-order valence-electron chi connectivity index (χ1n) is 4.67. The van der Waals surface area contributed by atoms with Gasteiger partial charge in [-0.2, -0.15) is 13.5 Å². The molecule has 74 valence electrons. The first-order chi connectivity index (χ1) is 5.83. The third-order valence-electron chi connectivity index (χ3n) is 2.02. The molecule has 0 fully saturated rings. The minimum atomic E-state index is 0. The zero-order valence-corrected chi connectivity index (χ0v) is 9.22. The molecule has 2 heteroatoms. The number of hydrogen-bond donors (Lipinski definition) is 1. The maximum atomic E-state index is 5.66. The second-order valence-electron chi connectivity index (χ2n) is 3.20. The van der Waals surface area contributed by atoms with Gasteiger partial charge in [0, 0.05) is 5.69 Å². The van der Waals surface area contributed by atoms with Gasteiger partial charge in [0.25, 0.3) is 0 Å². The molecular formula is C11H19NS. The SMILES string of the molecule is CCCCCc1cccc(N)c1.S. The number of unbranched alkanes of at least 4 members (excludes halogenated alkanes) is 2. The summed E-state index contributed by atoms with van der Waals surface area (Å²) < 4.78 is 0. The quantitative estimate of drug-likeness (QED) is 0.582. The molecular weight excluding hydrogens is 178 g/mol. The number of anilines is 1. The van der Waals surface area contributed by atoms with Crippen LogP contribution in [-0.2, 0) is 6.42 Å². The lowest BCUT2D eigenvalue weighted by Gasteiger charge is -2.00. The smallest absolute Gasteiger partial charge is 0.0316 e. The average Bonchev–Trinajstić information content (AvgIpc) is 2.05. The minimum absolute atomic E-state index is 0. The van der Waals surface area contributed by atoms with Crippen molar-refractivity contribution in [3.05, 3.63) is 29.8 Å². The second kappa shape index (κ2) is 6.84. The Kier molecular flexibility index (Phi) is 6.51. The van der Waals surface area contributed by atoms with E-state index in [1.807, 2.05) is 12.1 Å². The van der Waals surface area contributed by atoms with Crippen molar-refractivity contribution in [3.63, 3.8) is 0 Å². The number of aryl methyl sites for hydroxylation is 1. The maximum Gasteiger partial charge on any atom is 0.0316 e. The van der Waals surface area contributed by atoms with Crippen LogP contribution in [0.1, 0.15) is 31.7 Å². The Balaban J connectivity index is 0.00000144. The molecule has 1 rings (SSSR count). The molecule has 1 aromatic carbocycles. The van der Waals surface area contributed by atoms with Crippen LogP contribution < -0.4 is 5.73 Å². The molecule has 0 radical (unpaired) electrons. The lowest BCUT2D eigenvalue weighted by molar-refractivity contribution is 0.717. The average molecular weight is 197 g/mol. The third kappa shape index (κ3) is 4.83. The summed E-state index contributed by atoms with van der Waals surface area (Å²) in [6, 6.07) is 8.17. The van der Waals surface area contributed by atoms with Gasteiger partial charge < -0.3 is 5.73 Å². The van der Waals surface area contributed by atoms with Gasteiger partial charge in [0.2, 0.25) is 0 Å². The summed E-state index contributed by atoms with van der Waals surface area (Å²) in [4.78, 5) is 0. The molecule has 0 aliphatic heterocycles. The fraction of sp³-hybridized carbons (Fsp3) is 0.455. The summed E-state index contributed by atoms with van der Waals surface area (Å²) in [5, 5.41) is 0. The highest BCUT2D eigenvalue weighted by atomic mass is 32.1. The molecule has 0 saturated heterocycles. The van der Waals surface area contributed by atoms with Gasteiger partial charge in [-0.25, -0.2) is 0 Å². The Morgan fingerprint density at radius 3 is 2.62 bits per heavy atom. The first-order valence-corrected chi connectivity index (χ1v) is 4.67. The summed E-state index contributed by atoms with van der Waals surface area (Å²) in [5.74, 6) is 0. The number of benzene rings is 1. The van der Waals surface area contributed by atoms with Crippen molar-refractivity contribution in [1.29, 1.82) is 0 Å². The molecule has 0 unspecified atom stereocenters. The molecule has 0 saturated carbocycles. The first kappa shape index (κ1) is 12.4. The van der Waals surface area contributed by atoms with Gasteiger partial charge in [-0.15, -0.1) is 0 Å². The van der Waals surface area contributed by atoms with Gasteiger partial charge in [-0.1, -0.05) is 31.9 Å². The number of rotatable bonds is 4. The van der Waals surface area contributed by atoms with Crippen molar-refractivity contribution in [3.8, 4) is 0 Å². The fourth-order valence-electron chi connectivity index (χ4n) is 1.33. The molecule has 13 heavy (non-hydrogen) atoms. The standard InChI is InChI=1S/C11H17N.H2S/c1-2-3-4-6-10-7-5-8-11(12)9-10;/h5,7-9H,2-4,6,12H2,1H3;1H2. The van der Waals surface area contributed by atoms with Gasteiger partial charge in [0.15, 0.2) is 0 Å². The van der Waals surface area contributed by atoms with E-state index in [1.54, 1.807) is 0 Å². The second-order valence-corrected chi connectivity index (χ2v) is 3.20. The fourth-order valence-corrected chi connectivity index (χ4v) is 1.33. The van der Waals surface area contributed by atoms with E-state index in [9.17, 15) is 0 Å². The zero-order chi connectivity index (χ0) is 8.81. The van der Waals surface area contributed by atoms with Crippen molar-refractivity contribution in [2.45, 2.75) is 32.6 Å². The minimum Gasteiger partial charge on any atom is -0.399 e. The summed E-state index contributed by atoms with van der Waals surface area (Å²) in [7, 11) is 0. The van der Waals surface area contributed by atoms with Gasteiger partial charge in [-0.05, 0) is 30.5 Å². The van der Waals surface area contributed by atoms with E-state index in [4.69, 9.17) is 5.73 Å². The van der Waals surface area contributed by atoms with E-state index in [0.29, 0.717) is 0 Å². The van der Waals surface area contributed by atoms with Crippen LogP contribution in [-0.4, -0.2) is 0 Å². The Morgan fingerprint density at radius 2 is 2.00 bits per heavy atom. The molecule has 0 aromatic heterocycles. The van der Waals surface area contributed by atoms with Crippen LogP contribution in [0.15, 0.2) is 24.3 Å². The van der Waals surface area contributed by atoms with Crippen molar-refractivity contribution in [2.24, 2.45) is 0 Å². The van der Waals surface area contributed by atoms with E-state index in [1.165, 1.54) is 31.2 Å². The van der Waals surface area contributed by atoms with Gasteiger partial charge in [0.05, 0.1) is 0 Å². The molecule has 0 aliphatic carbocycles. The maximum absolute atomic E-state index is 5.66. The van der Waals surface area contributed by atoms with E-state index in [2.05, 4.69) is 19.1 Å². The summed E-state index contributed by atoms with van der Waals surface area (Å²) in [5.41, 5.74) is 7.91. The predicted octanol–water partition coefficient (Wildman–Crippen LogP) is 3.11. The van der Waals surface area contributed by atoms with Gasteiger partial charge in [0.1, 0.15) is 0 Å². The molecule has 1 nitrogen and oxygen atoms in total. The lowest BCUT2D eigenvalue weighted by atomic mass is 10.1. The van der Waals surface area contributed by atoms with Crippen LogP contribution in [0.5, 0.6) is 0 Å². The largest absolute Gasteiger partial charge is 0.399 e. The highest BCUT2D eigenvalue weighted by Crippen LogP contribution is 2.10. The number of nitrogens with two attached hydrogens (primary N) is 1. The van der Waals surface area contributed by atoms with E-state index < -0.39 is 0 Å². The topological polar surface area (TPSA) is 26.0 Å². The molecule has 0 atom stereocenters. The van der Waals surface area contributed by atoms with Crippen molar-refractivity contribution in [1.82, 2.24) is 0 Å². The number of nitrogen functional groups attached to an aromatic ring is 1. The van der Waals surface area contributed by atoms with Crippen LogP contribution in [0.2, 0.25) is 0 Å². The Morgan fingerprint density at radius 1 is 1.23 bits per heavy atom. The van der Waals surface area contributed by atoms with E-state index >= 15 is 0 Å². The monoisotopic (exact) mass is 197 g/mol. The Hall–Kier alpha value is -0.630. The van der Waals surface area contributed by atoms with Crippen molar-refractivity contribution >= 4 is 19.2 Å². The van der Waals surface area contributed by atoms with Gasteiger partial charge >= 0.3 is 0 Å². The Bertz CT molecular complexity index is 235. The Labute approximate surface area is 87.8 Å². The van der Waals surface area contributed by atoms with Crippen LogP contribution >= 0.6 is 13.5 Å². The normalized spacial score (nSPS) is 9.31. The summed E-state index contributed by atoms with van der Waals surface area (Å²) in [6.45, 7) is 2.22. The highest BCUT2D eigenvalue weighted by Gasteiger charge is 1.92. The lowest BCUT2D eigenvalue weighted by Crippen LogP contribution is -1.88.